The van der Waals surface area contributed by atoms with Crippen molar-refractivity contribution in [3.63, 3.8) is 0 Å². The molecule has 0 radical (unpaired) electrons. The molecular weight excluding hydrogens is 260 g/mol. The zero-order valence-electron chi connectivity index (χ0n) is 14.0. The molecule has 2 N–H and O–H groups in total. The van der Waals surface area contributed by atoms with Gasteiger partial charge in [-0.25, -0.2) is 0 Å². The van der Waals surface area contributed by atoms with Crippen molar-refractivity contribution in [1.29, 1.82) is 0 Å². The smallest absolute Gasteiger partial charge is 0.191 e. The first-order valence-electron chi connectivity index (χ1n) is 8.97. The minimum atomic E-state index is 0.633. The highest BCUT2D eigenvalue weighted by atomic mass is 15.2. The second kappa shape index (κ2) is 9.29. The number of likely N-dealkylation sites (tertiary alicyclic amines) is 1. The SMILES string of the molecule is CN=C(NCCCN1CCC(C)CC1)NC1CCCCC1. The second-order valence-electron chi connectivity index (χ2n) is 6.86. The Morgan fingerprint density at radius 1 is 1.10 bits per heavy atom. The molecule has 1 saturated carbocycles. The van der Waals surface area contributed by atoms with Gasteiger partial charge >= 0.3 is 0 Å². The van der Waals surface area contributed by atoms with Gasteiger partial charge in [0.15, 0.2) is 5.96 Å². The molecule has 1 heterocycles. The zero-order valence-corrected chi connectivity index (χ0v) is 14.0. The van der Waals surface area contributed by atoms with Crippen molar-refractivity contribution in [2.24, 2.45) is 10.9 Å². The van der Waals surface area contributed by atoms with Gasteiger partial charge < -0.3 is 15.5 Å². The summed E-state index contributed by atoms with van der Waals surface area (Å²) in [4.78, 5) is 6.97. The van der Waals surface area contributed by atoms with Crippen LogP contribution in [0.5, 0.6) is 0 Å². The Kier molecular flexibility index (Phi) is 7.34. The van der Waals surface area contributed by atoms with Gasteiger partial charge in [-0.15, -0.1) is 0 Å². The van der Waals surface area contributed by atoms with E-state index in [2.05, 4.69) is 27.4 Å². The van der Waals surface area contributed by atoms with Crippen LogP contribution < -0.4 is 10.6 Å². The summed E-state index contributed by atoms with van der Waals surface area (Å²) in [5, 5.41) is 7.05. The third kappa shape index (κ3) is 6.25. The minimum absolute atomic E-state index is 0.633. The molecule has 2 aliphatic rings. The molecule has 4 nitrogen and oxygen atoms in total. The summed E-state index contributed by atoms with van der Waals surface area (Å²) in [5.41, 5.74) is 0. The summed E-state index contributed by atoms with van der Waals surface area (Å²) >= 11 is 0. The average Bonchev–Trinajstić information content (AvgIpc) is 2.53. The van der Waals surface area contributed by atoms with Crippen LogP contribution in [0, 0.1) is 5.92 Å². The highest BCUT2D eigenvalue weighted by Gasteiger charge is 2.16. The van der Waals surface area contributed by atoms with E-state index in [0.717, 1.165) is 18.4 Å². The van der Waals surface area contributed by atoms with Crippen LogP contribution in [0.25, 0.3) is 0 Å². The fourth-order valence-corrected chi connectivity index (χ4v) is 3.43. The summed E-state index contributed by atoms with van der Waals surface area (Å²) in [6.45, 7) is 7.20. The van der Waals surface area contributed by atoms with Gasteiger partial charge in [0, 0.05) is 19.6 Å². The Labute approximate surface area is 130 Å². The largest absolute Gasteiger partial charge is 0.356 e. The first-order chi connectivity index (χ1) is 10.3. The fourth-order valence-electron chi connectivity index (χ4n) is 3.43. The normalized spacial score (nSPS) is 23.2. The van der Waals surface area contributed by atoms with Crippen LogP contribution >= 0.6 is 0 Å². The van der Waals surface area contributed by atoms with E-state index >= 15 is 0 Å². The molecule has 0 bridgehead atoms. The quantitative estimate of drug-likeness (QED) is 0.465. The predicted molar refractivity (Wildman–Crippen MR) is 90.8 cm³/mol. The maximum Gasteiger partial charge on any atom is 0.191 e. The van der Waals surface area contributed by atoms with Crippen LogP contribution in [0.3, 0.4) is 0 Å². The lowest BCUT2D eigenvalue weighted by Crippen LogP contribution is -2.45. The molecule has 1 aliphatic carbocycles. The first-order valence-corrected chi connectivity index (χ1v) is 8.97. The lowest BCUT2D eigenvalue weighted by atomic mass is 9.96. The molecular formula is C17H34N4. The van der Waals surface area contributed by atoms with Gasteiger partial charge in [-0.05, 0) is 57.7 Å². The molecule has 0 aromatic rings. The van der Waals surface area contributed by atoms with Crippen molar-refractivity contribution in [2.45, 2.75) is 64.3 Å². The monoisotopic (exact) mass is 294 g/mol. The van der Waals surface area contributed by atoms with Gasteiger partial charge in [-0.1, -0.05) is 26.2 Å². The van der Waals surface area contributed by atoms with Crippen molar-refractivity contribution >= 4 is 5.96 Å². The molecule has 122 valence electrons. The molecule has 4 heteroatoms. The van der Waals surface area contributed by atoms with Crippen LogP contribution in [0.2, 0.25) is 0 Å². The molecule has 0 unspecified atom stereocenters. The van der Waals surface area contributed by atoms with Gasteiger partial charge in [-0.2, -0.15) is 0 Å². The van der Waals surface area contributed by atoms with Crippen LogP contribution in [0.1, 0.15) is 58.3 Å². The zero-order chi connectivity index (χ0) is 14.9. The van der Waals surface area contributed by atoms with Gasteiger partial charge in [-0.3, -0.25) is 4.99 Å². The Balaban J connectivity index is 1.56. The highest BCUT2D eigenvalue weighted by molar-refractivity contribution is 5.79. The molecule has 0 amide bonds. The molecule has 0 atom stereocenters. The molecule has 1 aliphatic heterocycles. The molecule has 2 fully saturated rings. The molecule has 2 rings (SSSR count). The van der Waals surface area contributed by atoms with Gasteiger partial charge in [0.1, 0.15) is 0 Å². The number of piperidine rings is 1. The van der Waals surface area contributed by atoms with Gasteiger partial charge in [0.2, 0.25) is 0 Å². The van der Waals surface area contributed by atoms with Crippen molar-refractivity contribution in [2.75, 3.05) is 33.2 Å². The Bertz CT molecular complexity index is 302. The third-order valence-electron chi connectivity index (χ3n) is 4.99. The molecule has 1 saturated heterocycles. The van der Waals surface area contributed by atoms with Gasteiger partial charge in [0.25, 0.3) is 0 Å². The van der Waals surface area contributed by atoms with E-state index in [1.165, 1.54) is 71.0 Å². The van der Waals surface area contributed by atoms with Crippen LogP contribution in [-0.4, -0.2) is 50.1 Å². The van der Waals surface area contributed by atoms with E-state index in [-0.39, 0.29) is 0 Å². The number of guanidine groups is 1. The number of hydrogen-bond acceptors (Lipinski definition) is 2. The minimum Gasteiger partial charge on any atom is -0.356 e. The standard InChI is InChI=1S/C17H34N4/c1-15-9-13-21(14-10-15)12-6-11-19-17(18-2)20-16-7-4-3-5-8-16/h15-16H,3-14H2,1-2H3,(H2,18,19,20). The molecule has 0 spiro atoms. The predicted octanol–water partition coefficient (Wildman–Crippen LogP) is 2.61. The van der Waals surface area contributed by atoms with E-state index in [0.29, 0.717) is 6.04 Å². The van der Waals surface area contributed by atoms with Crippen molar-refractivity contribution in [3.05, 3.63) is 0 Å². The van der Waals surface area contributed by atoms with E-state index in [4.69, 9.17) is 0 Å². The lowest BCUT2D eigenvalue weighted by Gasteiger charge is -2.30. The molecule has 0 aromatic carbocycles. The van der Waals surface area contributed by atoms with Crippen LogP contribution in [-0.2, 0) is 0 Å². The summed E-state index contributed by atoms with van der Waals surface area (Å²) < 4.78 is 0. The van der Waals surface area contributed by atoms with Crippen LogP contribution in [0.4, 0.5) is 0 Å². The van der Waals surface area contributed by atoms with Crippen LogP contribution in [0.15, 0.2) is 4.99 Å². The number of nitrogens with one attached hydrogen (secondary N) is 2. The summed E-state index contributed by atoms with van der Waals surface area (Å²) in [6.07, 6.45) is 10.7. The second-order valence-corrected chi connectivity index (χ2v) is 6.86. The number of aliphatic imine (C=N–C) groups is 1. The highest BCUT2D eigenvalue weighted by Crippen LogP contribution is 2.17. The van der Waals surface area contributed by atoms with Gasteiger partial charge in [0.05, 0.1) is 0 Å². The Hall–Kier alpha value is -0.770. The number of hydrogen-bond donors (Lipinski definition) is 2. The van der Waals surface area contributed by atoms with Crippen molar-refractivity contribution in [3.8, 4) is 0 Å². The Morgan fingerprint density at radius 3 is 2.48 bits per heavy atom. The molecule has 0 aromatic heterocycles. The number of rotatable bonds is 5. The Morgan fingerprint density at radius 2 is 1.81 bits per heavy atom. The first kappa shape index (κ1) is 16.6. The summed E-state index contributed by atoms with van der Waals surface area (Å²) in [5.74, 6) is 1.92. The van der Waals surface area contributed by atoms with E-state index < -0.39 is 0 Å². The van der Waals surface area contributed by atoms with E-state index in [1.54, 1.807) is 0 Å². The van der Waals surface area contributed by atoms with Crippen molar-refractivity contribution < 1.29 is 0 Å². The third-order valence-corrected chi connectivity index (χ3v) is 4.99. The fraction of sp³-hybridized carbons (Fsp3) is 0.941. The summed E-state index contributed by atoms with van der Waals surface area (Å²) in [7, 11) is 1.88. The van der Waals surface area contributed by atoms with Crippen molar-refractivity contribution in [1.82, 2.24) is 15.5 Å². The van der Waals surface area contributed by atoms with E-state index in [9.17, 15) is 0 Å². The lowest BCUT2D eigenvalue weighted by molar-refractivity contribution is 0.191. The topological polar surface area (TPSA) is 39.7 Å². The molecule has 21 heavy (non-hydrogen) atoms. The number of nitrogens with zero attached hydrogens (tertiary/aromatic N) is 2. The summed E-state index contributed by atoms with van der Waals surface area (Å²) in [6, 6.07) is 0.633. The maximum atomic E-state index is 4.36. The van der Waals surface area contributed by atoms with E-state index in [1.807, 2.05) is 7.05 Å². The maximum absolute atomic E-state index is 4.36. The average molecular weight is 294 g/mol.